The second-order valence-corrected chi connectivity index (χ2v) is 10.6. The maximum atomic E-state index is 14.0. The predicted molar refractivity (Wildman–Crippen MR) is 149 cm³/mol. The van der Waals surface area contributed by atoms with Gasteiger partial charge in [-0.3, -0.25) is 0 Å². The first-order chi connectivity index (χ1) is 19.4. The summed E-state index contributed by atoms with van der Waals surface area (Å²) in [7, 11) is 0. The van der Waals surface area contributed by atoms with E-state index in [1.165, 1.54) is 53.4 Å². The monoisotopic (exact) mass is 631 g/mol. The van der Waals surface area contributed by atoms with E-state index in [0.29, 0.717) is 0 Å². The predicted octanol–water partition coefficient (Wildman–Crippen LogP) is 10.2. The topological polar surface area (TPSA) is 32.7 Å². The average Bonchev–Trinajstić information content (AvgIpc) is 2.91. The molecule has 12 heteroatoms. The zero-order chi connectivity index (χ0) is 29.8. The van der Waals surface area contributed by atoms with E-state index in [4.69, 9.17) is 27.9 Å². The van der Waals surface area contributed by atoms with Crippen molar-refractivity contribution < 1.29 is 36.2 Å². The minimum Gasteiger partial charge on any atom is -0.456 e. The number of ether oxygens (including phenoxy) is 1. The van der Waals surface area contributed by atoms with Crippen molar-refractivity contribution in [1.29, 1.82) is 0 Å². The number of aliphatic hydroxyl groups is 1. The van der Waals surface area contributed by atoms with Gasteiger partial charge in [0.05, 0.1) is 23.2 Å². The number of alkyl halides is 6. The smallest absolute Gasteiger partial charge is 0.446 e. The number of nitrogens with zero attached hydrogens (tertiary/aromatic N) is 1. The molecule has 4 aromatic carbocycles. The van der Waals surface area contributed by atoms with Crippen molar-refractivity contribution in [2.75, 3.05) is 11.5 Å². The summed E-state index contributed by atoms with van der Waals surface area (Å²) in [6.45, 7) is -1.04. The van der Waals surface area contributed by atoms with Crippen molar-refractivity contribution >= 4 is 40.7 Å². The third-order valence-electron chi connectivity index (χ3n) is 6.01. The lowest BCUT2D eigenvalue weighted by atomic mass is 9.97. The van der Waals surface area contributed by atoms with E-state index in [1.807, 2.05) is 0 Å². The summed E-state index contributed by atoms with van der Waals surface area (Å²) in [6.07, 6.45) is -4.74. The third kappa shape index (κ3) is 7.82. The second kappa shape index (κ2) is 12.9. The maximum Gasteiger partial charge on any atom is 0.446 e. The van der Waals surface area contributed by atoms with Gasteiger partial charge < -0.3 is 14.7 Å². The van der Waals surface area contributed by atoms with Crippen molar-refractivity contribution in [2.45, 2.75) is 29.2 Å². The van der Waals surface area contributed by atoms with E-state index < -0.39 is 29.9 Å². The molecule has 4 rings (SSSR count). The highest BCUT2D eigenvalue weighted by Gasteiger charge is 2.37. The fourth-order valence-electron chi connectivity index (χ4n) is 4.25. The summed E-state index contributed by atoms with van der Waals surface area (Å²) >= 11 is 12.0. The van der Waals surface area contributed by atoms with Gasteiger partial charge in [0.1, 0.15) is 16.5 Å². The standard InChI is InChI=1S/C29H21Cl2F6NO2S/c30-23-12-6-13-25(27(23)31)40-20-9-5-8-19(15-20)38(16-18-7-1-4-14-26(18)41-29(35,36)37)24(17-39)21-10-2-3-11-22(21)28(32,33)34/h1-15,24,39H,16-17H2. The molecule has 216 valence electrons. The molecule has 4 aromatic rings. The van der Waals surface area contributed by atoms with E-state index >= 15 is 0 Å². The number of benzene rings is 4. The van der Waals surface area contributed by atoms with Crippen LogP contribution in [0.5, 0.6) is 11.5 Å². The number of rotatable bonds is 9. The zero-order valence-corrected chi connectivity index (χ0v) is 23.2. The van der Waals surface area contributed by atoms with E-state index in [-0.39, 0.29) is 61.6 Å². The third-order valence-corrected chi connectivity index (χ3v) is 7.66. The summed E-state index contributed by atoms with van der Waals surface area (Å²) in [4.78, 5) is 1.29. The van der Waals surface area contributed by atoms with E-state index in [0.717, 1.165) is 6.07 Å². The van der Waals surface area contributed by atoms with Crippen molar-refractivity contribution in [2.24, 2.45) is 0 Å². The van der Waals surface area contributed by atoms with Gasteiger partial charge in [-0.15, -0.1) is 0 Å². The lowest BCUT2D eigenvalue weighted by Crippen LogP contribution is -2.32. The number of thioether (sulfide) groups is 1. The molecule has 0 saturated carbocycles. The van der Waals surface area contributed by atoms with Crippen LogP contribution in [-0.4, -0.2) is 17.2 Å². The van der Waals surface area contributed by atoms with Gasteiger partial charge in [0.25, 0.3) is 0 Å². The Hall–Kier alpha value is -3.05. The maximum absolute atomic E-state index is 14.0. The van der Waals surface area contributed by atoms with E-state index in [1.54, 1.807) is 36.4 Å². The molecular formula is C29H21Cl2F6NO2S. The van der Waals surface area contributed by atoms with Crippen LogP contribution in [0.1, 0.15) is 22.7 Å². The highest BCUT2D eigenvalue weighted by molar-refractivity contribution is 8.00. The summed E-state index contributed by atoms with van der Waals surface area (Å²) in [5.74, 6) is 0.450. The van der Waals surface area contributed by atoms with Crippen LogP contribution in [0.15, 0.2) is 95.9 Å². The fourth-order valence-corrected chi connectivity index (χ4v) is 5.24. The highest BCUT2D eigenvalue weighted by Crippen LogP contribution is 2.43. The molecule has 0 amide bonds. The number of hydrogen-bond donors (Lipinski definition) is 1. The van der Waals surface area contributed by atoms with Crippen LogP contribution in [0.25, 0.3) is 0 Å². The molecule has 0 aliphatic heterocycles. The molecule has 3 nitrogen and oxygen atoms in total. The molecule has 0 saturated heterocycles. The molecule has 0 aliphatic carbocycles. The number of hydrogen-bond acceptors (Lipinski definition) is 4. The SMILES string of the molecule is OCC(c1ccccc1C(F)(F)F)N(Cc1ccccc1SC(F)(F)F)c1cccc(Oc2cccc(Cl)c2Cl)c1. The molecule has 0 aromatic heterocycles. The molecule has 0 bridgehead atoms. The number of halogens is 8. The number of aliphatic hydroxyl groups excluding tert-OH is 1. The molecule has 0 spiro atoms. The van der Waals surface area contributed by atoms with Gasteiger partial charge in [0.15, 0.2) is 0 Å². The molecule has 0 heterocycles. The molecule has 0 aliphatic rings. The normalized spacial score (nSPS) is 12.7. The Kier molecular flexibility index (Phi) is 9.69. The molecular weight excluding hydrogens is 611 g/mol. The summed E-state index contributed by atoms with van der Waals surface area (Å²) in [5, 5.41) is 10.8. The lowest BCUT2D eigenvalue weighted by Gasteiger charge is -2.35. The quantitative estimate of drug-likeness (QED) is 0.147. The summed E-state index contributed by atoms with van der Waals surface area (Å²) in [6, 6.07) is 20.1. The van der Waals surface area contributed by atoms with E-state index in [2.05, 4.69) is 0 Å². The van der Waals surface area contributed by atoms with E-state index in [9.17, 15) is 31.4 Å². The Morgan fingerprint density at radius 2 is 1.51 bits per heavy atom. The molecule has 1 N–H and O–H groups in total. The first-order valence-corrected chi connectivity index (χ1v) is 13.5. The average molecular weight is 632 g/mol. The lowest BCUT2D eigenvalue weighted by molar-refractivity contribution is -0.138. The Morgan fingerprint density at radius 3 is 2.22 bits per heavy atom. The van der Waals surface area contributed by atoms with Crippen molar-refractivity contribution in [3.05, 3.63) is 118 Å². The van der Waals surface area contributed by atoms with Gasteiger partial charge in [-0.1, -0.05) is 71.7 Å². The highest BCUT2D eigenvalue weighted by atomic mass is 35.5. The van der Waals surface area contributed by atoms with Crippen LogP contribution in [0.2, 0.25) is 10.0 Å². The van der Waals surface area contributed by atoms with Crippen molar-refractivity contribution in [3.63, 3.8) is 0 Å². The van der Waals surface area contributed by atoms with Crippen LogP contribution in [0.4, 0.5) is 32.0 Å². The zero-order valence-electron chi connectivity index (χ0n) is 20.9. The van der Waals surface area contributed by atoms with Gasteiger partial charge in [-0.25, -0.2) is 0 Å². The van der Waals surface area contributed by atoms with Crippen LogP contribution in [-0.2, 0) is 12.7 Å². The Bertz CT molecular complexity index is 1500. The largest absolute Gasteiger partial charge is 0.456 e. The van der Waals surface area contributed by atoms with Gasteiger partial charge in [-0.2, -0.15) is 26.3 Å². The Labute approximate surface area is 246 Å². The van der Waals surface area contributed by atoms with Crippen LogP contribution in [0.3, 0.4) is 0 Å². The van der Waals surface area contributed by atoms with Crippen LogP contribution < -0.4 is 9.64 Å². The Balaban J connectivity index is 1.83. The fraction of sp³-hybridized carbons (Fsp3) is 0.172. The molecule has 0 radical (unpaired) electrons. The molecule has 0 fully saturated rings. The molecule has 1 unspecified atom stereocenters. The summed E-state index contributed by atoms with van der Waals surface area (Å²) in [5.41, 5.74) is -5.33. The van der Waals surface area contributed by atoms with Crippen LogP contribution >= 0.6 is 35.0 Å². The van der Waals surface area contributed by atoms with Crippen LogP contribution in [0, 0.1) is 0 Å². The van der Waals surface area contributed by atoms with Crippen molar-refractivity contribution in [3.8, 4) is 11.5 Å². The second-order valence-electron chi connectivity index (χ2n) is 8.72. The number of anilines is 1. The Morgan fingerprint density at radius 1 is 0.829 bits per heavy atom. The minimum atomic E-state index is -4.74. The van der Waals surface area contributed by atoms with Crippen molar-refractivity contribution in [1.82, 2.24) is 0 Å². The first kappa shape index (κ1) is 30.9. The molecule has 1 atom stereocenters. The van der Waals surface area contributed by atoms with Gasteiger partial charge in [-0.05, 0) is 59.3 Å². The van der Waals surface area contributed by atoms with Gasteiger partial charge in [0, 0.05) is 23.2 Å². The van der Waals surface area contributed by atoms with Gasteiger partial charge >= 0.3 is 11.7 Å². The van der Waals surface area contributed by atoms with Gasteiger partial charge in [0.2, 0.25) is 0 Å². The summed E-state index contributed by atoms with van der Waals surface area (Å²) < 4.78 is 87.8. The minimum absolute atomic E-state index is 0.121. The molecule has 41 heavy (non-hydrogen) atoms. The first-order valence-electron chi connectivity index (χ1n) is 12.0.